The molecule has 1 fully saturated rings. The number of aliphatic imine (C=N–C) groups is 1. The highest BCUT2D eigenvalue weighted by atomic mass is 32.2. The third-order valence-corrected chi connectivity index (χ3v) is 9.43. The van der Waals surface area contributed by atoms with Crippen LogP contribution in [0.1, 0.15) is 43.9 Å². The van der Waals surface area contributed by atoms with Crippen molar-refractivity contribution in [3.05, 3.63) is 28.5 Å². The zero-order valence-electron chi connectivity index (χ0n) is 20.3. The summed E-state index contributed by atoms with van der Waals surface area (Å²) >= 11 is 0.916. The summed E-state index contributed by atoms with van der Waals surface area (Å²) in [5, 5.41) is 12.1. The number of amidine groups is 2. The molecule has 2 aromatic heterocycles. The molecule has 0 spiro atoms. The van der Waals surface area contributed by atoms with E-state index in [1.54, 1.807) is 0 Å². The van der Waals surface area contributed by atoms with Crippen LogP contribution in [0.4, 0.5) is 5.69 Å². The lowest BCUT2D eigenvalue weighted by molar-refractivity contribution is -0.522. The zero-order chi connectivity index (χ0) is 25.2. The lowest BCUT2D eigenvalue weighted by Gasteiger charge is -2.32. The topological polar surface area (TPSA) is 152 Å². The molecule has 10 nitrogen and oxygen atoms in total. The number of rotatable bonds is 7. The Morgan fingerprint density at radius 2 is 1.91 bits per heavy atom. The summed E-state index contributed by atoms with van der Waals surface area (Å²) in [6.45, 7) is 12.9. The molecule has 188 valence electrons. The number of nitrogens with one attached hydrogen (secondary N) is 1. The number of likely N-dealkylation sites (N-methyl/N-ethyl adjacent to an activating group) is 1. The maximum absolute atomic E-state index is 13.1. The third-order valence-electron chi connectivity index (χ3n) is 6.05. The number of sulfonamides is 1. The van der Waals surface area contributed by atoms with Crippen LogP contribution in [0.25, 0.3) is 0 Å². The van der Waals surface area contributed by atoms with E-state index in [4.69, 9.17) is 15.9 Å². The van der Waals surface area contributed by atoms with E-state index in [9.17, 15) is 13.5 Å². The van der Waals surface area contributed by atoms with E-state index in [1.165, 1.54) is 9.69 Å². The number of aryl methyl sites for hydroxylation is 2. The molecule has 6 N–H and O–H groups in total. The predicted octanol–water partition coefficient (Wildman–Crippen LogP) is 0.814. The summed E-state index contributed by atoms with van der Waals surface area (Å²) in [6, 6.07) is 1.71. The van der Waals surface area contributed by atoms with Gasteiger partial charge >= 0.3 is 5.84 Å². The Morgan fingerprint density at radius 3 is 2.44 bits per heavy atom. The van der Waals surface area contributed by atoms with Gasteiger partial charge in [0, 0.05) is 37.5 Å². The second kappa shape index (κ2) is 10.5. The molecule has 3 rings (SSSR count). The molecule has 0 bridgehead atoms. The van der Waals surface area contributed by atoms with Crippen LogP contribution in [0.5, 0.6) is 5.75 Å². The Kier molecular flexibility index (Phi) is 8.06. The highest BCUT2D eigenvalue weighted by molar-refractivity contribution is 7.91. The first-order chi connectivity index (χ1) is 15.9. The first-order valence-corrected chi connectivity index (χ1v) is 13.6. The maximum atomic E-state index is 13.1. The normalized spacial score (nSPS) is 18.1. The van der Waals surface area contributed by atoms with Gasteiger partial charge in [-0.2, -0.15) is 4.31 Å². The maximum Gasteiger partial charge on any atom is 0.309 e. The fourth-order valence-corrected chi connectivity index (χ4v) is 6.52. The number of hydrogen-bond donors (Lipinski definition) is 4. The third kappa shape index (κ3) is 5.45. The average molecular weight is 512 g/mol. The van der Waals surface area contributed by atoms with Crippen LogP contribution in [-0.2, 0) is 10.0 Å². The van der Waals surface area contributed by atoms with Crippen LogP contribution >= 0.6 is 11.3 Å². The minimum Gasteiger partial charge on any atom is -0.504 e. The van der Waals surface area contributed by atoms with Crippen molar-refractivity contribution in [2.24, 2.45) is 22.4 Å². The molecule has 0 radical (unpaired) electrons. The number of piperazine rings is 1. The molecule has 3 heterocycles. The van der Waals surface area contributed by atoms with Gasteiger partial charge in [0.15, 0.2) is 16.0 Å². The summed E-state index contributed by atoms with van der Waals surface area (Å²) in [5.41, 5.74) is 13.4. The molecule has 1 atom stereocenters. The molecule has 1 saturated heterocycles. The van der Waals surface area contributed by atoms with Gasteiger partial charge in [-0.15, -0.1) is 11.3 Å². The number of aromatic hydroxyl groups is 1. The second-order valence-electron chi connectivity index (χ2n) is 8.76. The minimum absolute atomic E-state index is 0.0562. The number of furan rings is 1. The molecular formula is C22H35N6O4S2+. The molecule has 1 aliphatic heterocycles. The monoisotopic (exact) mass is 511 g/mol. The van der Waals surface area contributed by atoms with Crippen LogP contribution in [0, 0.1) is 19.8 Å². The van der Waals surface area contributed by atoms with Crippen LogP contribution in [-0.4, -0.2) is 67.1 Å². The van der Waals surface area contributed by atoms with Crippen molar-refractivity contribution in [2.45, 2.75) is 44.9 Å². The van der Waals surface area contributed by atoms with E-state index in [1.807, 2.05) is 40.7 Å². The smallest absolute Gasteiger partial charge is 0.309 e. The van der Waals surface area contributed by atoms with Crippen molar-refractivity contribution in [1.82, 2.24) is 9.21 Å². The zero-order valence-corrected chi connectivity index (χ0v) is 22.0. The van der Waals surface area contributed by atoms with Gasteiger partial charge in [-0.05, 0) is 32.0 Å². The van der Waals surface area contributed by atoms with E-state index < -0.39 is 15.8 Å². The highest BCUT2D eigenvalue weighted by Crippen LogP contribution is 2.41. The van der Waals surface area contributed by atoms with E-state index in [2.05, 4.69) is 14.9 Å². The van der Waals surface area contributed by atoms with Crippen molar-refractivity contribution in [3.63, 3.8) is 0 Å². The highest BCUT2D eigenvalue weighted by Gasteiger charge is 2.33. The molecule has 1 aliphatic rings. The fraction of sp³-hybridized carbons (Fsp3) is 0.545. The fourth-order valence-electron chi connectivity index (χ4n) is 3.74. The van der Waals surface area contributed by atoms with E-state index in [-0.39, 0.29) is 33.5 Å². The largest absolute Gasteiger partial charge is 0.504 e. The molecule has 0 saturated carbocycles. The number of nitrogens with two attached hydrogens (primary N) is 2. The van der Waals surface area contributed by atoms with Gasteiger partial charge < -0.3 is 20.2 Å². The lowest BCUT2D eigenvalue weighted by Crippen LogP contribution is -2.80. The molecule has 0 unspecified atom stereocenters. The Bertz CT molecular complexity index is 1150. The Hall–Kier alpha value is -2.41. The van der Waals surface area contributed by atoms with Crippen molar-refractivity contribution in [1.29, 1.82) is 0 Å². The Morgan fingerprint density at radius 1 is 1.26 bits per heavy atom. The van der Waals surface area contributed by atoms with Gasteiger partial charge in [0.1, 0.15) is 17.2 Å². The van der Waals surface area contributed by atoms with E-state index in [0.29, 0.717) is 26.2 Å². The molecule has 34 heavy (non-hydrogen) atoms. The number of thiophene rings is 1. The van der Waals surface area contributed by atoms with Crippen molar-refractivity contribution in [2.75, 3.05) is 32.7 Å². The summed E-state index contributed by atoms with van der Waals surface area (Å²) in [5.74, 6) is 1.33. The Labute approximate surface area is 205 Å². The van der Waals surface area contributed by atoms with Gasteiger partial charge in [0.2, 0.25) is 5.84 Å². The molecule has 12 heteroatoms. The quantitative estimate of drug-likeness (QED) is 0.317. The van der Waals surface area contributed by atoms with Gasteiger partial charge in [0.25, 0.3) is 10.0 Å². The molecular weight excluding hydrogens is 476 g/mol. The van der Waals surface area contributed by atoms with Crippen molar-refractivity contribution >= 4 is 38.7 Å². The van der Waals surface area contributed by atoms with Crippen LogP contribution in [0.2, 0.25) is 0 Å². The van der Waals surface area contributed by atoms with Crippen molar-refractivity contribution < 1.29 is 22.9 Å². The number of nitrogens with zero attached hydrogens (tertiary/aromatic N) is 3. The summed E-state index contributed by atoms with van der Waals surface area (Å²) in [6.07, 6.45) is 0. The molecule has 2 aromatic rings. The lowest BCUT2D eigenvalue weighted by atomic mass is 10.0. The van der Waals surface area contributed by atoms with Gasteiger partial charge in [-0.3, -0.25) is 10.7 Å². The Balaban J connectivity index is 1.84. The summed E-state index contributed by atoms with van der Waals surface area (Å²) in [4.78, 5) is 9.53. The predicted molar refractivity (Wildman–Crippen MR) is 134 cm³/mol. The van der Waals surface area contributed by atoms with E-state index >= 15 is 0 Å². The minimum atomic E-state index is -3.83. The molecule has 0 amide bonds. The van der Waals surface area contributed by atoms with Gasteiger partial charge in [-0.25, -0.2) is 13.4 Å². The van der Waals surface area contributed by atoms with Crippen LogP contribution < -0.4 is 16.5 Å². The van der Waals surface area contributed by atoms with Crippen LogP contribution in [0.3, 0.4) is 0 Å². The summed E-state index contributed by atoms with van der Waals surface area (Å²) in [7, 11) is -3.83. The van der Waals surface area contributed by atoms with Gasteiger partial charge in [-0.1, -0.05) is 20.8 Å². The standard InChI is InChI=1S/C22H34N6O4S2/c1-6-27-7-9-28(10-8-27)34(30,31)22-19(29)16(12-33-22)25-20(23)21(24)26-18(13(2)3)17-11-14(4)15(5)32-17/h11-13,18,29H,6-10H2,1-5H3,(H2,23,25)(H2,24,26)/p+1/t18-/m1/s1. The second-order valence-corrected chi connectivity index (χ2v) is 11.8. The first kappa shape index (κ1) is 26.2. The van der Waals surface area contributed by atoms with Crippen LogP contribution in [0.15, 0.2) is 25.1 Å². The van der Waals surface area contributed by atoms with Gasteiger partial charge in [0.05, 0.1) is 0 Å². The first-order valence-electron chi connectivity index (χ1n) is 11.3. The van der Waals surface area contributed by atoms with Crippen molar-refractivity contribution in [3.8, 4) is 5.75 Å². The molecule has 0 aromatic carbocycles. The number of hydrogen-bond acceptors (Lipinski definition) is 7. The summed E-state index contributed by atoms with van der Waals surface area (Å²) < 4.78 is 33.2. The SMILES string of the molecule is CCN1CCN(S(=O)(=O)c2scc(N=C(N)C(N)=[NH+][C@@H](c3cc(C)c(C)o3)C(C)C)c2O)CC1. The average Bonchev–Trinajstić information content (AvgIpc) is 3.33. The van der Waals surface area contributed by atoms with E-state index in [0.717, 1.165) is 35.0 Å². The molecule has 0 aliphatic carbocycles.